The van der Waals surface area contributed by atoms with Crippen molar-refractivity contribution >= 4 is 13.2 Å². The van der Waals surface area contributed by atoms with E-state index in [0.29, 0.717) is 19.8 Å². The van der Waals surface area contributed by atoms with E-state index in [-0.39, 0.29) is 36.4 Å². The zero-order valence-corrected chi connectivity index (χ0v) is 17.2. The van der Waals surface area contributed by atoms with Crippen molar-refractivity contribution in [2.75, 3.05) is 26.4 Å². The first-order valence-electron chi connectivity index (χ1n) is 8.99. The van der Waals surface area contributed by atoms with Gasteiger partial charge in [0.25, 0.3) is 0 Å². The highest BCUT2D eigenvalue weighted by Gasteiger charge is 2.49. The van der Waals surface area contributed by atoms with Crippen LogP contribution in [-0.2, 0) is 23.5 Å². The lowest BCUT2D eigenvalue weighted by Crippen LogP contribution is -2.41. The quantitative estimate of drug-likeness (QED) is 0.495. The number of carbonyl (C=O) groups is 1. The summed E-state index contributed by atoms with van der Waals surface area (Å²) in [4.78, 5) is 10.8. The van der Waals surface area contributed by atoms with Crippen molar-refractivity contribution in [1.29, 1.82) is 0 Å². The molecule has 0 aromatic carbocycles. The molecule has 0 saturated carbocycles. The first-order valence-corrected chi connectivity index (χ1v) is 8.99. The lowest BCUT2D eigenvalue weighted by atomic mass is 9.89. The van der Waals surface area contributed by atoms with Crippen molar-refractivity contribution in [2.24, 2.45) is 11.1 Å². The summed E-state index contributed by atoms with van der Waals surface area (Å²) < 4.78 is 27.9. The molecule has 1 fully saturated rings. The Morgan fingerprint density at radius 1 is 1.15 bits per heavy atom. The van der Waals surface area contributed by atoms with E-state index in [0.717, 1.165) is 0 Å². The Kier molecular flexibility index (Phi) is 8.14. The van der Waals surface area contributed by atoms with Crippen LogP contribution in [0.1, 0.15) is 48.5 Å². The minimum Gasteiger partial charge on any atom is -0.447 e. The summed E-state index contributed by atoms with van der Waals surface area (Å²) in [6.07, 6.45) is 0.824. The van der Waals surface area contributed by atoms with Gasteiger partial charge in [-0.25, -0.2) is 4.79 Å². The van der Waals surface area contributed by atoms with Crippen molar-refractivity contribution in [3.8, 4) is 0 Å². The molecule has 1 atom stereocenters. The number of ether oxygens (including phenoxy) is 3. The van der Waals surface area contributed by atoms with Crippen LogP contribution in [0.4, 0.5) is 4.79 Å². The molecule has 1 heterocycles. The molecule has 0 aromatic rings. The average molecular weight is 371 g/mol. The van der Waals surface area contributed by atoms with Gasteiger partial charge in [-0.1, -0.05) is 32.8 Å². The van der Waals surface area contributed by atoms with Crippen molar-refractivity contribution in [3.05, 3.63) is 12.1 Å². The highest BCUT2D eigenvalue weighted by molar-refractivity contribution is 6.51. The van der Waals surface area contributed by atoms with Crippen LogP contribution in [0.5, 0.6) is 0 Å². The maximum absolute atomic E-state index is 10.8. The molecule has 26 heavy (non-hydrogen) atoms. The summed E-state index contributed by atoms with van der Waals surface area (Å²) in [5.41, 5.74) is 4.15. The molecule has 1 unspecified atom stereocenters. The Morgan fingerprint density at radius 2 is 1.73 bits per heavy atom. The van der Waals surface area contributed by atoms with E-state index in [1.807, 2.05) is 60.5 Å². The fourth-order valence-corrected chi connectivity index (χ4v) is 2.24. The molecule has 8 heteroatoms. The monoisotopic (exact) mass is 371 g/mol. The van der Waals surface area contributed by atoms with Crippen LogP contribution in [0.3, 0.4) is 0 Å². The summed E-state index contributed by atoms with van der Waals surface area (Å²) in [5.74, 6) is 1.86. The van der Waals surface area contributed by atoms with Crippen molar-refractivity contribution in [2.45, 2.75) is 65.8 Å². The number of carbonyl (C=O) groups excluding carboxylic acids is 1. The van der Waals surface area contributed by atoms with Gasteiger partial charge in [-0.05, 0) is 33.1 Å². The van der Waals surface area contributed by atoms with Gasteiger partial charge in [-0.3, -0.25) is 0 Å². The highest BCUT2D eigenvalue weighted by Crippen LogP contribution is 2.36. The fourth-order valence-electron chi connectivity index (χ4n) is 2.24. The predicted molar refractivity (Wildman–Crippen MR) is 101 cm³/mol. The lowest BCUT2D eigenvalue weighted by Gasteiger charge is -2.32. The standard InChI is InChI=1S/C18H34BNO6/c1-16(2,3)14(13-24-15(20)21)23-12-11-22-10-8-9-19-25-17(4,5)18(6,7)26-19/h8-9,14H,10-13H2,1-7H3,(H2,20,21). The summed E-state index contributed by atoms with van der Waals surface area (Å²) in [7, 11) is -0.365. The molecule has 150 valence electrons. The van der Waals surface area contributed by atoms with E-state index in [1.165, 1.54) is 0 Å². The zero-order chi connectivity index (χ0) is 20.0. The van der Waals surface area contributed by atoms with Crippen LogP contribution in [-0.4, -0.2) is 56.9 Å². The predicted octanol–water partition coefficient (Wildman–Crippen LogP) is 2.72. The van der Waals surface area contributed by atoms with Gasteiger partial charge in [0.15, 0.2) is 0 Å². The van der Waals surface area contributed by atoms with Crippen LogP contribution in [0.2, 0.25) is 0 Å². The second-order valence-electron chi connectivity index (χ2n) is 8.48. The molecule has 0 aliphatic carbocycles. The van der Waals surface area contributed by atoms with Crippen LogP contribution in [0.15, 0.2) is 12.1 Å². The number of hydrogen-bond donors (Lipinski definition) is 1. The summed E-state index contributed by atoms with van der Waals surface area (Å²) >= 11 is 0. The van der Waals surface area contributed by atoms with E-state index >= 15 is 0 Å². The second-order valence-corrected chi connectivity index (χ2v) is 8.48. The maximum Gasteiger partial charge on any atom is 0.486 e. The van der Waals surface area contributed by atoms with Crippen LogP contribution in [0, 0.1) is 5.41 Å². The molecule has 1 saturated heterocycles. The van der Waals surface area contributed by atoms with E-state index < -0.39 is 6.09 Å². The molecular weight excluding hydrogens is 337 g/mol. The first-order chi connectivity index (χ1) is 11.8. The van der Waals surface area contributed by atoms with Crippen molar-refractivity contribution in [1.82, 2.24) is 0 Å². The van der Waals surface area contributed by atoms with Gasteiger partial charge in [-0.2, -0.15) is 0 Å². The molecule has 1 aliphatic rings. The average Bonchev–Trinajstić information content (AvgIpc) is 2.67. The molecule has 2 N–H and O–H groups in total. The van der Waals surface area contributed by atoms with E-state index in [1.54, 1.807) is 0 Å². The summed E-state index contributed by atoms with van der Waals surface area (Å²) in [6.45, 7) is 15.5. The fraction of sp³-hybridized carbons (Fsp3) is 0.833. The van der Waals surface area contributed by atoms with Crippen LogP contribution < -0.4 is 5.73 Å². The second kappa shape index (κ2) is 9.22. The molecule has 1 aliphatic heterocycles. The smallest absolute Gasteiger partial charge is 0.447 e. The van der Waals surface area contributed by atoms with Gasteiger partial charge < -0.3 is 29.3 Å². The number of nitrogens with two attached hydrogens (primary N) is 1. The third-order valence-corrected chi connectivity index (χ3v) is 4.67. The van der Waals surface area contributed by atoms with E-state index in [9.17, 15) is 4.79 Å². The van der Waals surface area contributed by atoms with Crippen molar-refractivity contribution in [3.63, 3.8) is 0 Å². The van der Waals surface area contributed by atoms with Gasteiger partial charge in [0.05, 0.1) is 37.1 Å². The largest absolute Gasteiger partial charge is 0.486 e. The topological polar surface area (TPSA) is 89.2 Å². The lowest BCUT2D eigenvalue weighted by molar-refractivity contribution is -0.0669. The van der Waals surface area contributed by atoms with Crippen LogP contribution >= 0.6 is 0 Å². The Hall–Kier alpha value is -1.09. The van der Waals surface area contributed by atoms with E-state index in [4.69, 9.17) is 29.3 Å². The zero-order valence-electron chi connectivity index (χ0n) is 17.2. The van der Waals surface area contributed by atoms with Gasteiger partial charge >= 0.3 is 13.2 Å². The molecule has 0 aromatic heterocycles. The molecule has 1 rings (SSSR count). The van der Waals surface area contributed by atoms with Crippen LogP contribution in [0.25, 0.3) is 0 Å². The molecule has 1 amide bonds. The molecule has 7 nitrogen and oxygen atoms in total. The number of rotatable bonds is 9. The number of amides is 1. The number of primary amides is 1. The normalized spacial score (nSPS) is 20.5. The number of hydrogen-bond acceptors (Lipinski definition) is 6. The highest BCUT2D eigenvalue weighted by atomic mass is 16.7. The molecule has 0 spiro atoms. The third-order valence-electron chi connectivity index (χ3n) is 4.67. The summed E-state index contributed by atoms with van der Waals surface area (Å²) in [6, 6.07) is 0. The molecular formula is C18H34BNO6. The summed E-state index contributed by atoms with van der Waals surface area (Å²) in [5, 5.41) is 0. The first kappa shape index (κ1) is 23.0. The minimum absolute atomic E-state index is 0.126. The Bertz CT molecular complexity index is 471. The van der Waals surface area contributed by atoms with E-state index in [2.05, 4.69) is 0 Å². The Labute approximate surface area is 157 Å². The molecule has 0 radical (unpaired) electrons. The maximum atomic E-state index is 10.8. The van der Waals surface area contributed by atoms with Gasteiger partial charge in [-0.15, -0.1) is 0 Å². The van der Waals surface area contributed by atoms with Gasteiger partial charge in [0, 0.05) is 0 Å². The Balaban J connectivity index is 2.25. The van der Waals surface area contributed by atoms with Crippen molar-refractivity contribution < 1.29 is 28.3 Å². The van der Waals surface area contributed by atoms with Gasteiger partial charge in [0.1, 0.15) is 6.61 Å². The Morgan fingerprint density at radius 3 is 2.23 bits per heavy atom. The van der Waals surface area contributed by atoms with Gasteiger partial charge in [0.2, 0.25) is 0 Å². The third kappa shape index (κ3) is 7.27. The SMILES string of the molecule is CC(C)(C)C(COC(N)=O)OCCOCC=CB1OC(C)(C)C(C)(C)O1. The molecule has 0 bridgehead atoms. The minimum atomic E-state index is -0.799.